The Morgan fingerprint density at radius 1 is 1.22 bits per heavy atom. The number of carbonyl (C=O) groups is 2. The molecule has 0 unspecified atom stereocenters. The second-order valence-corrected chi connectivity index (χ2v) is 5.60. The fourth-order valence-corrected chi connectivity index (χ4v) is 2.21. The molecule has 18 heavy (non-hydrogen) atoms. The standard InChI is InChI=1S/C13H25N3O2/c1-9(2)11(14)13(18)16-7-5-10(6-8-16)12(17)15(3)4/h9-11H,5-8,14H2,1-4H3/t11-/m0/s1. The molecule has 2 N–H and O–H groups in total. The van der Waals surface area contributed by atoms with Crippen molar-refractivity contribution in [2.75, 3.05) is 27.2 Å². The third-order valence-electron chi connectivity index (χ3n) is 3.60. The summed E-state index contributed by atoms with van der Waals surface area (Å²) < 4.78 is 0. The van der Waals surface area contributed by atoms with Crippen molar-refractivity contribution in [1.82, 2.24) is 9.80 Å². The summed E-state index contributed by atoms with van der Waals surface area (Å²) in [6.07, 6.45) is 1.49. The lowest BCUT2D eigenvalue weighted by Crippen LogP contribution is -2.50. The number of hydrogen-bond acceptors (Lipinski definition) is 3. The molecule has 0 radical (unpaired) electrons. The lowest BCUT2D eigenvalue weighted by Gasteiger charge is -2.34. The highest BCUT2D eigenvalue weighted by molar-refractivity contribution is 5.83. The van der Waals surface area contributed by atoms with Crippen molar-refractivity contribution in [2.45, 2.75) is 32.7 Å². The second-order valence-electron chi connectivity index (χ2n) is 5.60. The molecule has 0 aliphatic carbocycles. The van der Waals surface area contributed by atoms with Gasteiger partial charge in [0.15, 0.2) is 0 Å². The van der Waals surface area contributed by atoms with Gasteiger partial charge in [-0.15, -0.1) is 0 Å². The summed E-state index contributed by atoms with van der Waals surface area (Å²) in [7, 11) is 3.54. The van der Waals surface area contributed by atoms with Crippen LogP contribution in [0.25, 0.3) is 0 Å². The van der Waals surface area contributed by atoms with E-state index in [1.165, 1.54) is 0 Å². The number of nitrogens with zero attached hydrogens (tertiary/aromatic N) is 2. The van der Waals surface area contributed by atoms with Gasteiger partial charge in [0.05, 0.1) is 6.04 Å². The number of rotatable bonds is 3. The maximum absolute atomic E-state index is 12.1. The van der Waals surface area contributed by atoms with Crippen LogP contribution >= 0.6 is 0 Å². The molecule has 0 saturated carbocycles. The minimum atomic E-state index is -0.425. The zero-order chi connectivity index (χ0) is 13.9. The van der Waals surface area contributed by atoms with Crippen LogP contribution in [0, 0.1) is 11.8 Å². The number of hydrogen-bond donors (Lipinski definition) is 1. The minimum Gasteiger partial charge on any atom is -0.349 e. The number of carbonyl (C=O) groups excluding carboxylic acids is 2. The Balaban J connectivity index is 2.49. The predicted octanol–water partition coefficient (Wildman–Crippen LogP) is 0.297. The van der Waals surface area contributed by atoms with Gasteiger partial charge in [-0.05, 0) is 18.8 Å². The first-order valence-electron chi connectivity index (χ1n) is 6.60. The number of likely N-dealkylation sites (tertiary alicyclic amines) is 1. The third-order valence-corrected chi connectivity index (χ3v) is 3.60. The van der Waals surface area contributed by atoms with Gasteiger partial charge in [0.25, 0.3) is 0 Å². The quantitative estimate of drug-likeness (QED) is 0.788. The molecule has 104 valence electrons. The SMILES string of the molecule is CC(C)[C@H](N)C(=O)N1CCC(C(=O)N(C)C)CC1. The molecular formula is C13H25N3O2. The van der Waals surface area contributed by atoms with Crippen molar-refractivity contribution < 1.29 is 9.59 Å². The van der Waals surface area contributed by atoms with Crippen LogP contribution in [0.5, 0.6) is 0 Å². The van der Waals surface area contributed by atoms with E-state index in [-0.39, 0.29) is 23.7 Å². The summed E-state index contributed by atoms with van der Waals surface area (Å²) >= 11 is 0. The summed E-state index contributed by atoms with van der Waals surface area (Å²) in [4.78, 5) is 27.3. The number of piperidine rings is 1. The van der Waals surface area contributed by atoms with Gasteiger partial charge in [-0.3, -0.25) is 9.59 Å². The van der Waals surface area contributed by atoms with Crippen LogP contribution in [-0.4, -0.2) is 54.8 Å². The van der Waals surface area contributed by atoms with E-state index in [0.717, 1.165) is 12.8 Å². The molecule has 0 aromatic heterocycles. The first kappa shape index (κ1) is 15.0. The molecular weight excluding hydrogens is 230 g/mol. The lowest BCUT2D eigenvalue weighted by atomic mass is 9.94. The topological polar surface area (TPSA) is 66.6 Å². The van der Waals surface area contributed by atoms with Gasteiger partial charge in [0.2, 0.25) is 11.8 Å². The third kappa shape index (κ3) is 3.45. The average molecular weight is 255 g/mol. The van der Waals surface area contributed by atoms with Gasteiger partial charge in [-0.25, -0.2) is 0 Å². The molecule has 1 rings (SSSR count). The smallest absolute Gasteiger partial charge is 0.239 e. The Labute approximate surface area is 109 Å². The molecule has 0 spiro atoms. The summed E-state index contributed by atoms with van der Waals surface area (Å²) in [5.74, 6) is 0.383. The van der Waals surface area contributed by atoms with Crippen LogP contribution in [0.4, 0.5) is 0 Å². The maximum Gasteiger partial charge on any atom is 0.239 e. The molecule has 0 aromatic rings. The van der Waals surface area contributed by atoms with Gasteiger partial charge in [-0.2, -0.15) is 0 Å². The highest BCUT2D eigenvalue weighted by atomic mass is 16.2. The van der Waals surface area contributed by atoms with Gasteiger partial charge in [-0.1, -0.05) is 13.8 Å². The molecule has 5 nitrogen and oxygen atoms in total. The molecule has 1 saturated heterocycles. The molecule has 0 bridgehead atoms. The fourth-order valence-electron chi connectivity index (χ4n) is 2.21. The van der Waals surface area contributed by atoms with Crippen LogP contribution in [0.1, 0.15) is 26.7 Å². The Bertz CT molecular complexity index is 307. The monoisotopic (exact) mass is 255 g/mol. The van der Waals surface area contributed by atoms with Crippen LogP contribution in [-0.2, 0) is 9.59 Å². The summed E-state index contributed by atoms with van der Waals surface area (Å²) in [6.45, 7) is 5.18. The highest BCUT2D eigenvalue weighted by Crippen LogP contribution is 2.20. The zero-order valence-electron chi connectivity index (χ0n) is 11.8. The van der Waals surface area contributed by atoms with E-state index in [1.54, 1.807) is 23.9 Å². The first-order chi connectivity index (χ1) is 8.34. The van der Waals surface area contributed by atoms with Crippen LogP contribution in [0.3, 0.4) is 0 Å². The number of amides is 2. The van der Waals surface area contributed by atoms with E-state index in [4.69, 9.17) is 5.73 Å². The summed E-state index contributed by atoms with van der Waals surface area (Å²) in [5, 5.41) is 0. The molecule has 2 amide bonds. The number of nitrogens with two attached hydrogens (primary N) is 1. The van der Waals surface area contributed by atoms with Crippen molar-refractivity contribution in [3.05, 3.63) is 0 Å². The van der Waals surface area contributed by atoms with E-state index in [0.29, 0.717) is 13.1 Å². The maximum atomic E-state index is 12.1. The van der Waals surface area contributed by atoms with E-state index in [9.17, 15) is 9.59 Å². The second kappa shape index (κ2) is 6.18. The van der Waals surface area contributed by atoms with Crippen molar-refractivity contribution in [3.63, 3.8) is 0 Å². The largest absolute Gasteiger partial charge is 0.349 e. The summed E-state index contributed by atoms with van der Waals surface area (Å²) in [6, 6.07) is -0.425. The first-order valence-corrected chi connectivity index (χ1v) is 6.60. The molecule has 5 heteroatoms. The molecule has 1 heterocycles. The zero-order valence-corrected chi connectivity index (χ0v) is 11.8. The van der Waals surface area contributed by atoms with Gasteiger partial charge >= 0.3 is 0 Å². The van der Waals surface area contributed by atoms with E-state index in [2.05, 4.69) is 0 Å². The Hall–Kier alpha value is -1.10. The highest BCUT2D eigenvalue weighted by Gasteiger charge is 2.30. The normalized spacial score (nSPS) is 18.9. The van der Waals surface area contributed by atoms with E-state index < -0.39 is 6.04 Å². The fraction of sp³-hybridized carbons (Fsp3) is 0.846. The molecule has 0 aromatic carbocycles. The minimum absolute atomic E-state index is 0.0146. The Morgan fingerprint density at radius 3 is 2.11 bits per heavy atom. The van der Waals surface area contributed by atoms with E-state index >= 15 is 0 Å². The van der Waals surface area contributed by atoms with Crippen LogP contribution in [0.15, 0.2) is 0 Å². The average Bonchev–Trinajstić information content (AvgIpc) is 2.36. The predicted molar refractivity (Wildman–Crippen MR) is 70.8 cm³/mol. The van der Waals surface area contributed by atoms with Crippen molar-refractivity contribution in [3.8, 4) is 0 Å². The van der Waals surface area contributed by atoms with Crippen molar-refractivity contribution >= 4 is 11.8 Å². The van der Waals surface area contributed by atoms with Gasteiger partial charge < -0.3 is 15.5 Å². The van der Waals surface area contributed by atoms with Gasteiger partial charge in [0, 0.05) is 33.1 Å². The van der Waals surface area contributed by atoms with Crippen molar-refractivity contribution in [1.29, 1.82) is 0 Å². The van der Waals surface area contributed by atoms with Crippen LogP contribution in [0.2, 0.25) is 0 Å². The molecule has 1 aliphatic rings. The van der Waals surface area contributed by atoms with Gasteiger partial charge in [0.1, 0.15) is 0 Å². The van der Waals surface area contributed by atoms with Crippen LogP contribution < -0.4 is 5.73 Å². The molecule has 1 fully saturated rings. The summed E-state index contributed by atoms with van der Waals surface area (Å²) in [5.41, 5.74) is 5.87. The van der Waals surface area contributed by atoms with E-state index in [1.807, 2.05) is 13.8 Å². The van der Waals surface area contributed by atoms with Crippen molar-refractivity contribution in [2.24, 2.45) is 17.6 Å². The Kier molecular flexibility index (Phi) is 5.14. The molecule has 1 aliphatic heterocycles. The Morgan fingerprint density at radius 2 is 1.72 bits per heavy atom. The molecule has 1 atom stereocenters. The lowest BCUT2D eigenvalue weighted by molar-refractivity contribution is -0.140.